The van der Waals surface area contributed by atoms with E-state index in [4.69, 9.17) is 0 Å². The summed E-state index contributed by atoms with van der Waals surface area (Å²) in [5.74, 6) is -0.444. The molecule has 0 aliphatic rings. The van der Waals surface area contributed by atoms with E-state index in [0.717, 1.165) is 17.1 Å². The van der Waals surface area contributed by atoms with E-state index in [9.17, 15) is 9.90 Å². The van der Waals surface area contributed by atoms with E-state index in [2.05, 4.69) is 11.4 Å². The molecule has 0 fully saturated rings. The molecule has 86 valence electrons. The van der Waals surface area contributed by atoms with Crippen molar-refractivity contribution < 1.29 is 14.7 Å². The fraction of sp³-hybridized carbons (Fsp3) is 0.545. The van der Waals surface area contributed by atoms with Gasteiger partial charge < -0.3 is 5.11 Å². The monoisotopic (exact) mass is 213 g/mol. The molecular formula is C11H19NO3. The third-order valence-corrected chi connectivity index (χ3v) is 2.03. The summed E-state index contributed by atoms with van der Waals surface area (Å²) < 4.78 is 0. The SMILES string of the molecule is C=CC/C(C)=C\CC(O)C(=O)N(C)OC. The maximum atomic E-state index is 11.3. The molecule has 0 aromatic rings. The summed E-state index contributed by atoms with van der Waals surface area (Å²) in [6.45, 7) is 5.54. The molecular weight excluding hydrogens is 194 g/mol. The smallest absolute Gasteiger partial charge is 0.274 e. The minimum absolute atomic E-state index is 0.298. The second kappa shape index (κ2) is 7.20. The summed E-state index contributed by atoms with van der Waals surface area (Å²) in [6.07, 6.45) is 3.62. The molecule has 1 atom stereocenters. The van der Waals surface area contributed by atoms with Crippen LogP contribution in [0.2, 0.25) is 0 Å². The van der Waals surface area contributed by atoms with Crippen LogP contribution in [0.3, 0.4) is 0 Å². The van der Waals surface area contributed by atoms with Crippen LogP contribution in [0.5, 0.6) is 0 Å². The maximum absolute atomic E-state index is 11.3. The average Bonchev–Trinajstić information content (AvgIpc) is 2.24. The van der Waals surface area contributed by atoms with Gasteiger partial charge in [0.05, 0.1) is 7.11 Å². The van der Waals surface area contributed by atoms with Crippen molar-refractivity contribution in [2.45, 2.75) is 25.9 Å². The van der Waals surface area contributed by atoms with Crippen molar-refractivity contribution in [1.29, 1.82) is 0 Å². The Morgan fingerprint density at radius 1 is 1.67 bits per heavy atom. The summed E-state index contributed by atoms with van der Waals surface area (Å²) in [6, 6.07) is 0. The van der Waals surface area contributed by atoms with Gasteiger partial charge in [0.15, 0.2) is 0 Å². The number of carbonyl (C=O) groups is 1. The molecule has 0 aliphatic carbocycles. The zero-order valence-corrected chi connectivity index (χ0v) is 9.56. The van der Waals surface area contributed by atoms with Gasteiger partial charge in [0.1, 0.15) is 6.10 Å². The van der Waals surface area contributed by atoms with E-state index in [-0.39, 0.29) is 0 Å². The summed E-state index contributed by atoms with van der Waals surface area (Å²) >= 11 is 0. The van der Waals surface area contributed by atoms with Crippen molar-refractivity contribution in [2.75, 3.05) is 14.2 Å². The van der Waals surface area contributed by atoms with Gasteiger partial charge in [0, 0.05) is 13.5 Å². The lowest BCUT2D eigenvalue weighted by Gasteiger charge is -2.16. The Morgan fingerprint density at radius 3 is 2.73 bits per heavy atom. The third kappa shape index (κ3) is 5.34. The van der Waals surface area contributed by atoms with Gasteiger partial charge in [-0.1, -0.05) is 17.7 Å². The van der Waals surface area contributed by atoms with Gasteiger partial charge in [-0.05, 0) is 13.3 Å². The van der Waals surface area contributed by atoms with Gasteiger partial charge in [-0.25, -0.2) is 5.06 Å². The van der Waals surface area contributed by atoms with E-state index in [1.54, 1.807) is 6.08 Å². The molecule has 0 saturated heterocycles. The first-order valence-electron chi connectivity index (χ1n) is 4.79. The fourth-order valence-electron chi connectivity index (χ4n) is 1.02. The Morgan fingerprint density at radius 2 is 2.27 bits per heavy atom. The van der Waals surface area contributed by atoms with Gasteiger partial charge >= 0.3 is 0 Å². The first kappa shape index (κ1) is 13.9. The molecule has 0 spiro atoms. The Labute approximate surface area is 90.8 Å². The second-order valence-electron chi connectivity index (χ2n) is 3.31. The van der Waals surface area contributed by atoms with Crippen LogP contribution in [0, 0.1) is 0 Å². The molecule has 0 saturated carbocycles. The summed E-state index contributed by atoms with van der Waals surface area (Å²) in [7, 11) is 2.84. The zero-order chi connectivity index (χ0) is 11.8. The molecule has 15 heavy (non-hydrogen) atoms. The quantitative estimate of drug-likeness (QED) is 0.534. The lowest BCUT2D eigenvalue weighted by molar-refractivity contribution is -0.177. The molecule has 0 aliphatic heterocycles. The largest absolute Gasteiger partial charge is 0.383 e. The van der Waals surface area contributed by atoms with Crippen LogP contribution in [-0.4, -0.2) is 36.3 Å². The number of allylic oxidation sites excluding steroid dienone is 2. The lowest BCUT2D eigenvalue weighted by atomic mass is 10.1. The molecule has 0 aromatic heterocycles. The predicted molar refractivity (Wildman–Crippen MR) is 59.0 cm³/mol. The predicted octanol–water partition coefficient (Wildman–Crippen LogP) is 1.28. The van der Waals surface area contributed by atoms with Crippen LogP contribution in [-0.2, 0) is 9.63 Å². The van der Waals surface area contributed by atoms with E-state index >= 15 is 0 Å². The first-order valence-corrected chi connectivity index (χ1v) is 4.79. The highest BCUT2D eigenvalue weighted by Gasteiger charge is 2.17. The van der Waals surface area contributed by atoms with Crippen LogP contribution in [0.15, 0.2) is 24.3 Å². The lowest BCUT2D eigenvalue weighted by Crippen LogP contribution is -2.35. The molecule has 1 amide bonds. The van der Waals surface area contributed by atoms with Crippen molar-refractivity contribution in [3.8, 4) is 0 Å². The topological polar surface area (TPSA) is 49.8 Å². The Bertz CT molecular complexity index is 248. The Kier molecular flexibility index (Phi) is 6.66. The number of hydroxylamine groups is 2. The summed E-state index contributed by atoms with van der Waals surface area (Å²) in [5.41, 5.74) is 1.08. The van der Waals surface area contributed by atoms with Crippen LogP contribution in [0.1, 0.15) is 19.8 Å². The van der Waals surface area contributed by atoms with Gasteiger partial charge in [0.25, 0.3) is 5.91 Å². The van der Waals surface area contributed by atoms with Crippen molar-refractivity contribution in [2.24, 2.45) is 0 Å². The minimum Gasteiger partial charge on any atom is -0.383 e. The number of nitrogens with zero attached hydrogens (tertiary/aromatic N) is 1. The van der Waals surface area contributed by atoms with E-state index < -0.39 is 12.0 Å². The molecule has 0 rings (SSSR count). The van der Waals surface area contributed by atoms with Crippen molar-refractivity contribution >= 4 is 5.91 Å². The third-order valence-electron chi connectivity index (χ3n) is 2.03. The first-order chi connectivity index (χ1) is 7.02. The average molecular weight is 213 g/mol. The number of hydrogen-bond acceptors (Lipinski definition) is 3. The molecule has 4 heteroatoms. The van der Waals surface area contributed by atoms with Crippen LogP contribution in [0.25, 0.3) is 0 Å². The number of likely N-dealkylation sites (N-methyl/N-ethyl adjacent to an activating group) is 1. The fourth-order valence-corrected chi connectivity index (χ4v) is 1.02. The number of aliphatic hydroxyl groups excluding tert-OH is 1. The number of rotatable bonds is 6. The van der Waals surface area contributed by atoms with E-state index in [1.165, 1.54) is 14.2 Å². The highest BCUT2D eigenvalue weighted by Crippen LogP contribution is 2.05. The molecule has 0 bridgehead atoms. The molecule has 1 N–H and O–H groups in total. The van der Waals surface area contributed by atoms with Crippen molar-refractivity contribution in [1.82, 2.24) is 5.06 Å². The van der Waals surface area contributed by atoms with E-state index in [1.807, 2.05) is 13.0 Å². The van der Waals surface area contributed by atoms with Crippen LogP contribution < -0.4 is 0 Å². The Hall–Kier alpha value is -1.13. The van der Waals surface area contributed by atoms with Crippen LogP contribution in [0.4, 0.5) is 0 Å². The van der Waals surface area contributed by atoms with Crippen molar-refractivity contribution in [3.63, 3.8) is 0 Å². The number of carbonyl (C=O) groups excluding carboxylic acids is 1. The summed E-state index contributed by atoms with van der Waals surface area (Å²) in [5, 5.41) is 10.5. The van der Waals surface area contributed by atoms with Gasteiger partial charge in [-0.3, -0.25) is 9.63 Å². The summed E-state index contributed by atoms with van der Waals surface area (Å²) in [4.78, 5) is 16.0. The second-order valence-corrected chi connectivity index (χ2v) is 3.31. The normalized spacial score (nSPS) is 13.5. The van der Waals surface area contributed by atoms with E-state index in [0.29, 0.717) is 6.42 Å². The molecule has 0 radical (unpaired) electrons. The van der Waals surface area contributed by atoms with Gasteiger partial charge in [0.2, 0.25) is 0 Å². The minimum atomic E-state index is -1.05. The molecule has 1 unspecified atom stereocenters. The van der Waals surface area contributed by atoms with Gasteiger partial charge in [-0.2, -0.15) is 0 Å². The molecule has 0 heterocycles. The van der Waals surface area contributed by atoms with Crippen molar-refractivity contribution in [3.05, 3.63) is 24.3 Å². The molecule has 0 aromatic carbocycles. The van der Waals surface area contributed by atoms with Gasteiger partial charge in [-0.15, -0.1) is 6.58 Å². The highest BCUT2D eigenvalue weighted by atomic mass is 16.7. The number of amides is 1. The number of aliphatic hydroxyl groups is 1. The zero-order valence-electron chi connectivity index (χ0n) is 9.56. The number of hydrogen-bond donors (Lipinski definition) is 1. The standard InChI is InChI=1S/C11H19NO3/c1-5-6-9(2)7-8-10(13)11(14)12(3)15-4/h5,7,10,13H,1,6,8H2,2-4H3/b9-7-. The molecule has 4 nitrogen and oxygen atoms in total. The highest BCUT2D eigenvalue weighted by molar-refractivity contribution is 5.79. The maximum Gasteiger partial charge on any atom is 0.274 e. The van der Waals surface area contributed by atoms with Crippen LogP contribution >= 0.6 is 0 Å². The Balaban J connectivity index is 4.13.